The third kappa shape index (κ3) is 6.84. The van der Waals surface area contributed by atoms with Crippen LogP contribution in [0, 0.1) is 5.92 Å². The van der Waals surface area contributed by atoms with Gasteiger partial charge < -0.3 is 5.73 Å². The molecule has 0 aliphatic rings. The maximum Gasteiger partial charge on any atom is 0.0894 e. The van der Waals surface area contributed by atoms with E-state index in [4.69, 9.17) is 5.73 Å². The maximum atomic E-state index is 11.8. The summed E-state index contributed by atoms with van der Waals surface area (Å²) in [6.45, 7) is 7.72. The molecule has 0 bridgehead atoms. The molecule has 2 heteroatoms. The van der Waals surface area contributed by atoms with Gasteiger partial charge >= 0.3 is 0 Å². The molecule has 2 N–H and O–H groups in total. The van der Waals surface area contributed by atoms with Gasteiger partial charge in [0.25, 0.3) is 0 Å². The number of unbranched alkanes of at least 4 members (excludes halogenated alkanes) is 1. The fraction of sp³-hybridized carbons (Fsp3) is 0.667. The second kappa shape index (κ2) is 7.74. The third-order valence-corrected chi connectivity index (χ3v) is 2.35. The highest BCUT2D eigenvalue weighted by Crippen LogP contribution is 2.09. The van der Waals surface area contributed by atoms with Gasteiger partial charge in [-0.15, -0.1) is 0 Å². The van der Waals surface area contributed by atoms with Crippen molar-refractivity contribution < 1.29 is 4.39 Å². The average Bonchev–Trinajstić information content (AvgIpc) is 2.14. The lowest BCUT2D eigenvalue weighted by Gasteiger charge is -2.08. The zero-order valence-corrected chi connectivity index (χ0v) is 9.30. The first-order valence-corrected chi connectivity index (χ1v) is 5.23. The maximum absolute atomic E-state index is 11.8. The summed E-state index contributed by atoms with van der Waals surface area (Å²) >= 11 is 0. The highest BCUT2D eigenvalue weighted by Gasteiger charge is 2.00. The molecule has 1 nitrogen and oxygen atoms in total. The van der Waals surface area contributed by atoms with Gasteiger partial charge in [0.05, 0.1) is 6.67 Å². The first-order valence-electron chi connectivity index (χ1n) is 5.23. The number of alkyl halides is 1. The van der Waals surface area contributed by atoms with Gasteiger partial charge in [-0.25, -0.2) is 0 Å². The zero-order chi connectivity index (χ0) is 11.0. The summed E-state index contributed by atoms with van der Waals surface area (Å²) in [5.41, 5.74) is 6.96. The summed E-state index contributed by atoms with van der Waals surface area (Å²) in [6, 6.07) is 0.0587. The van der Waals surface area contributed by atoms with Crippen LogP contribution in [0.2, 0.25) is 0 Å². The van der Waals surface area contributed by atoms with Crippen LogP contribution in [0.5, 0.6) is 0 Å². The summed E-state index contributed by atoms with van der Waals surface area (Å²) in [5.74, 6) is 0.377. The van der Waals surface area contributed by atoms with Gasteiger partial charge in [-0.3, -0.25) is 4.39 Å². The van der Waals surface area contributed by atoms with Gasteiger partial charge in [-0.1, -0.05) is 31.2 Å². The molecule has 2 unspecified atom stereocenters. The van der Waals surface area contributed by atoms with Crippen molar-refractivity contribution in [3.05, 3.63) is 24.3 Å². The predicted octanol–water partition coefficient (Wildman–Crippen LogP) is 3.22. The number of hydrogen-bond donors (Lipinski definition) is 1. The second-order valence-electron chi connectivity index (χ2n) is 3.87. The van der Waals surface area contributed by atoms with Crippen LogP contribution in [0.4, 0.5) is 4.39 Å². The van der Waals surface area contributed by atoms with Crippen molar-refractivity contribution in [3.63, 3.8) is 0 Å². The summed E-state index contributed by atoms with van der Waals surface area (Å²) in [6.07, 6.45) is 6.42. The van der Waals surface area contributed by atoms with Crippen LogP contribution in [0.25, 0.3) is 0 Å². The number of nitrogens with two attached hydrogens (primary N) is 1. The minimum Gasteiger partial charge on any atom is -0.324 e. The SMILES string of the molecule is C=C(C)C(C)/C=C/C(N)CCCCF. The van der Waals surface area contributed by atoms with Gasteiger partial charge in [0.2, 0.25) is 0 Å². The van der Waals surface area contributed by atoms with Crippen LogP contribution >= 0.6 is 0 Å². The number of hydrogen-bond acceptors (Lipinski definition) is 1. The Hall–Kier alpha value is -0.630. The lowest BCUT2D eigenvalue weighted by Crippen LogP contribution is -2.16. The molecule has 0 aromatic heterocycles. The normalized spacial score (nSPS) is 15.7. The predicted molar refractivity (Wildman–Crippen MR) is 60.9 cm³/mol. The fourth-order valence-corrected chi connectivity index (χ4v) is 1.04. The van der Waals surface area contributed by atoms with Gasteiger partial charge in [-0.05, 0) is 32.1 Å². The summed E-state index contributed by atoms with van der Waals surface area (Å²) in [5, 5.41) is 0. The molecule has 0 spiro atoms. The largest absolute Gasteiger partial charge is 0.324 e. The summed E-state index contributed by atoms with van der Waals surface area (Å²) in [7, 11) is 0. The molecule has 0 radical (unpaired) electrons. The molecular weight excluding hydrogens is 177 g/mol. The number of rotatable bonds is 7. The fourth-order valence-electron chi connectivity index (χ4n) is 1.04. The van der Waals surface area contributed by atoms with E-state index < -0.39 is 0 Å². The minimum atomic E-state index is -0.237. The van der Waals surface area contributed by atoms with E-state index in [1.165, 1.54) is 0 Å². The molecule has 0 amide bonds. The van der Waals surface area contributed by atoms with E-state index in [1.54, 1.807) is 0 Å². The molecule has 0 saturated carbocycles. The highest BCUT2D eigenvalue weighted by molar-refractivity contribution is 5.06. The number of allylic oxidation sites excluding steroid dienone is 2. The van der Waals surface area contributed by atoms with Crippen LogP contribution in [0.3, 0.4) is 0 Å². The Morgan fingerprint density at radius 1 is 1.43 bits per heavy atom. The lowest BCUT2D eigenvalue weighted by molar-refractivity contribution is 0.452. The first-order chi connectivity index (χ1) is 6.57. The second-order valence-corrected chi connectivity index (χ2v) is 3.87. The third-order valence-electron chi connectivity index (χ3n) is 2.35. The van der Waals surface area contributed by atoms with Crippen molar-refractivity contribution in [1.82, 2.24) is 0 Å². The molecule has 14 heavy (non-hydrogen) atoms. The lowest BCUT2D eigenvalue weighted by atomic mass is 10.0. The van der Waals surface area contributed by atoms with Crippen LogP contribution < -0.4 is 5.73 Å². The Morgan fingerprint density at radius 2 is 2.07 bits per heavy atom. The van der Waals surface area contributed by atoms with E-state index >= 15 is 0 Å². The molecule has 2 atom stereocenters. The van der Waals surface area contributed by atoms with E-state index in [2.05, 4.69) is 19.6 Å². The standard InChI is InChI=1S/C12H22FN/c1-10(2)11(3)7-8-12(14)6-4-5-9-13/h7-8,11-12H,1,4-6,9,14H2,2-3H3/b8-7+. The molecule has 0 aliphatic heterocycles. The van der Waals surface area contributed by atoms with Crippen molar-refractivity contribution in [2.24, 2.45) is 11.7 Å². The van der Waals surface area contributed by atoms with Crippen LogP contribution in [0.1, 0.15) is 33.1 Å². The number of halogens is 1. The molecule has 0 fully saturated rings. The molecule has 0 aromatic rings. The minimum absolute atomic E-state index is 0.0587. The van der Waals surface area contributed by atoms with E-state index in [0.717, 1.165) is 18.4 Å². The molecule has 0 saturated heterocycles. The monoisotopic (exact) mass is 199 g/mol. The first kappa shape index (κ1) is 13.4. The van der Waals surface area contributed by atoms with Crippen LogP contribution in [-0.4, -0.2) is 12.7 Å². The van der Waals surface area contributed by atoms with Gasteiger partial charge in [0.1, 0.15) is 0 Å². The Balaban J connectivity index is 3.69. The molecule has 0 aromatic carbocycles. The van der Waals surface area contributed by atoms with Crippen molar-refractivity contribution in [2.45, 2.75) is 39.2 Å². The van der Waals surface area contributed by atoms with Crippen LogP contribution in [-0.2, 0) is 0 Å². The van der Waals surface area contributed by atoms with E-state index in [-0.39, 0.29) is 12.7 Å². The smallest absolute Gasteiger partial charge is 0.0894 e. The van der Waals surface area contributed by atoms with Gasteiger partial charge in [-0.2, -0.15) is 0 Å². The Bertz CT molecular complexity index is 187. The molecule has 0 heterocycles. The highest BCUT2D eigenvalue weighted by atomic mass is 19.1. The molecule has 82 valence electrons. The van der Waals surface area contributed by atoms with Gasteiger partial charge in [0, 0.05) is 6.04 Å². The van der Waals surface area contributed by atoms with Crippen LogP contribution in [0.15, 0.2) is 24.3 Å². The van der Waals surface area contributed by atoms with Crippen molar-refractivity contribution in [2.75, 3.05) is 6.67 Å². The Kier molecular flexibility index (Phi) is 7.40. The van der Waals surface area contributed by atoms with Crippen molar-refractivity contribution in [1.29, 1.82) is 0 Å². The van der Waals surface area contributed by atoms with E-state index in [9.17, 15) is 4.39 Å². The van der Waals surface area contributed by atoms with E-state index in [0.29, 0.717) is 12.3 Å². The van der Waals surface area contributed by atoms with Gasteiger partial charge in [0.15, 0.2) is 0 Å². The summed E-state index contributed by atoms with van der Waals surface area (Å²) in [4.78, 5) is 0. The Labute approximate surface area is 86.9 Å². The quantitative estimate of drug-likeness (QED) is 0.494. The molecular formula is C12H22FN. The summed E-state index contributed by atoms with van der Waals surface area (Å²) < 4.78 is 11.8. The molecule has 0 rings (SSSR count). The zero-order valence-electron chi connectivity index (χ0n) is 9.30. The van der Waals surface area contributed by atoms with Crippen molar-refractivity contribution in [3.8, 4) is 0 Å². The van der Waals surface area contributed by atoms with E-state index in [1.807, 2.05) is 13.0 Å². The Morgan fingerprint density at radius 3 is 2.57 bits per heavy atom. The van der Waals surface area contributed by atoms with Crippen molar-refractivity contribution >= 4 is 0 Å². The average molecular weight is 199 g/mol. The topological polar surface area (TPSA) is 26.0 Å². The molecule has 0 aliphatic carbocycles.